The van der Waals surface area contributed by atoms with Crippen molar-refractivity contribution < 1.29 is 28.6 Å². The van der Waals surface area contributed by atoms with Crippen LogP contribution in [0.3, 0.4) is 0 Å². The number of hydrogen-bond donors (Lipinski definition) is 1. The third-order valence-corrected chi connectivity index (χ3v) is 5.45. The predicted molar refractivity (Wildman–Crippen MR) is 135 cm³/mol. The topological polar surface area (TPSA) is 103 Å². The Hall–Kier alpha value is -3.61. The SMILES string of the molecule is COC(=O)C/C=C/CCC(C)c1cc(O)c(C(=O)C(C)=Cc2ccc(OC(C)C)cc2C)c(=O)o1. The van der Waals surface area contributed by atoms with Gasteiger partial charge >= 0.3 is 11.6 Å². The molecule has 0 saturated heterocycles. The lowest BCUT2D eigenvalue weighted by Crippen LogP contribution is -2.16. The van der Waals surface area contributed by atoms with Crippen LogP contribution in [0.4, 0.5) is 0 Å². The van der Waals surface area contributed by atoms with Crippen molar-refractivity contribution in [2.24, 2.45) is 0 Å². The lowest BCUT2D eigenvalue weighted by atomic mass is 9.98. The zero-order valence-corrected chi connectivity index (χ0v) is 21.2. The second-order valence-corrected chi connectivity index (χ2v) is 8.77. The zero-order valence-electron chi connectivity index (χ0n) is 21.2. The van der Waals surface area contributed by atoms with Crippen molar-refractivity contribution >= 4 is 17.8 Å². The first-order valence-corrected chi connectivity index (χ1v) is 11.6. The zero-order chi connectivity index (χ0) is 26.1. The first-order chi connectivity index (χ1) is 16.5. The smallest absolute Gasteiger partial charge is 0.351 e. The molecule has 0 aliphatic rings. The molecule has 0 aliphatic heterocycles. The number of aryl methyl sites for hydroxylation is 1. The lowest BCUT2D eigenvalue weighted by molar-refractivity contribution is -0.139. The summed E-state index contributed by atoms with van der Waals surface area (Å²) in [6, 6.07) is 6.88. The number of aromatic hydroxyl groups is 1. The van der Waals surface area contributed by atoms with Crippen LogP contribution < -0.4 is 10.4 Å². The molecule has 0 saturated carbocycles. The first kappa shape index (κ1) is 27.6. The van der Waals surface area contributed by atoms with Crippen molar-refractivity contribution in [3.63, 3.8) is 0 Å². The van der Waals surface area contributed by atoms with Gasteiger partial charge in [0.25, 0.3) is 0 Å². The average molecular weight is 483 g/mol. The Morgan fingerprint density at radius 1 is 1.14 bits per heavy atom. The summed E-state index contributed by atoms with van der Waals surface area (Å²) < 4.78 is 15.6. The van der Waals surface area contributed by atoms with Gasteiger partial charge in [0.2, 0.25) is 0 Å². The summed E-state index contributed by atoms with van der Waals surface area (Å²) in [5, 5.41) is 10.5. The van der Waals surface area contributed by atoms with Crippen LogP contribution in [0.2, 0.25) is 0 Å². The van der Waals surface area contributed by atoms with E-state index in [0.717, 1.165) is 16.9 Å². The molecular formula is C28H34O7. The fourth-order valence-corrected chi connectivity index (χ4v) is 3.47. The van der Waals surface area contributed by atoms with Gasteiger partial charge in [-0.05, 0) is 75.4 Å². The molecule has 0 radical (unpaired) electrons. The Morgan fingerprint density at radius 3 is 2.46 bits per heavy atom. The van der Waals surface area contributed by atoms with Crippen LogP contribution in [0.25, 0.3) is 6.08 Å². The molecule has 1 heterocycles. The Labute approximate surface area is 206 Å². The van der Waals surface area contributed by atoms with Gasteiger partial charge in [0.1, 0.15) is 22.8 Å². The highest BCUT2D eigenvalue weighted by molar-refractivity contribution is 6.12. The van der Waals surface area contributed by atoms with Crippen molar-refractivity contribution in [1.82, 2.24) is 0 Å². The van der Waals surface area contributed by atoms with Gasteiger partial charge in [-0.2, -0.15) is 0 Å². The van der Waals surface area contributed by atoms with E-state index < -0.39 is 17.2 Å². The van der Waals surface area contributed by atoms with Gasteiger partial charge < -0.3 is 19.0 Å². The van der Waals surface area contributed by atoms with E-state index in [4.69, 9.17) is 9.15 Å². The molecule has 188 valence electrons. The molecule has 1 aromatic carbocycles. The number of hydrogen-bond acceptors (Lipinski definition) is 7. The molecule has 0 amide bonds. The van der Waals surface area contributed by atoms with E-state index >= 15 is 0 Å². The fourth-order valence-electron chi connectivity index (χ4n) is 3.47. The van der Waals surface area contributed by atoms with Crippen molar-refractivity contribution in [1.29, 1.82) is 0 Å². The quantitative estimate of drug-likeness (QED) is 0.189. The second-order valence-electron chi connectivity index (χ2n) is 8.77. The maximum atomic E-state index is 13.0. The molecular weight excluding hydrogens is 448 g/mol. The molecule has 35 heavy (non-hydrogen) atoms. The number of esters is 1. The molecule has 7 nitrogen and oxygen atoms in total. The van der Waals surface area contributed by atoms with Crippen molar-refractivity contribution in [2.45, 2.75) is 65.9 Å². The number of ketones is 1. The van der Waals surface area contributed by atoms with Crippen molar-refractivity contribution in [3.8, 4) is 11.5 Å². The van der Waals surface area contributed by atoms with Gasteiger partial charge in [0.05, 0.1) is 19.6 Å². The Bertz CT molecular complexity index is 1170. The van der Waals surface area contributed by atoms with E-state index in [1.165, 1.54) is 13.2 Å². The number of carbonyl (C=O) groups is 2. The number of allylic oxidation sites excluding steroid dienone is 2. The van der Waals surface area contributed by atoms with Crippen LogP contribution in [0.1, 0.15) is 80.1 Å². The van der Waals surface area contributed by atoms with E-state index in [9.17, 15) is 19.5 Å². The van der Waals surface area contributed by atoms with Crippen molar-refractivity contribution in [3.05, 3.63) is 74.9 Å². The van der Waals surface area contributed by atoms with Crippen LogP contribution in [0, 0.1) is 6.92 Å². The minimum atomic E-state index is -0.872. The van der Waals surface area contributed by atoms with E-state index in [-0.39, 0.29) is 30.0 Å². The van der Waals surface area contributed by atoms with Gasteiger partial charge in [0, 0.05) is 12.0 Å². The van der Waals surface area contributed by atoms with Gasteiger partial charge in [-0.3, -0.25) is 9.59 Å². The minimum absolute atomic E-state index is 0.0510. The molecule has 7 heteroatoms. The first-order valence-electron chi connectivity index (χ1n) is 11.6. The summed E-state index contributed by atoms with van der Waals surface area (Å²) in [6.45, 7) is 9.25. The number of ether oxygens (including phenoxy) is 2. The van der Waals surface area contributed by atoms with Gasteiger partial charge in [-0.15, -0.1) is 0 Å². The number of methoxy groups -OCH3 is 1. The largest absolute Gasteiger partial charge is 0.507 e. The highest BCUT2D eigenvalue weighted by Crippen LogP contribution is 2.27. The van der Waals surface area contributed by atoms with Crippen LogP contribution in [0.5, 0.6) is 11.5 Å². The number of Topliss-reactive ketones (excluding diaryl/α,β-unsaturated/α-hetero) is 1. The van der Waals surface area contributed by atoms with E-state index in [1.807, 2.05) is 52.0 Å². The molecule has 0 fully saturated rings. The standard InChI is InChI=1S/C28H34O7/c1-17(2)34-22-13-12-21(19(4)15-22)14-20(5)27(31)26-23(29)16-24(35-28(26)32)18(3)10-8-7-9-11-25(30)33-6/h7,9,12-18,29H,8,10-11H2,1-6H3/b9-7+,20-14?. The maximum absolute atomic E-state index is 13.0. The maximum Gasteiger partial charge on any atom is 0.351 e. The summed E-state index contributed by atoms with van der Waals surface area (Å²) in [7, 11) is 1.33. The molecule has 1 atom stereocenters. The van der Waals surface area contributed by atoms with Gasteiger partial charge in [0.15, 0.2) is 5.78 Å². The number of rotatable bonds is 11. The van der Waals surface area contributed by atoms with E-state index in [1.54, 1.807) is 19.1 Å². The molecule has 0 bridgehead atoms. The molecule has 0 spiro atoms. The van der Waals surface area contributed by atoms with E-state index in [0.29, 0.717) is 24.2 Å². The Morgan fingerprint density at radius 2 is 1.86 bits per heavy atom. The number of carbonyl (C=O) groups excluding carboxylic acids is 2. The third-order valence-electron chi connectivity index (χ3n) is 5.45. The van der Waals surface area contributed by atoms with Crippen LogP contribution in [0.15, 0.2) is 51.2 Å². The summed E-state index contributed by atoms with van der Waals surface area (Å²) >= 11 is 0. The fraction of sp³-hybridized carbons (Fsp3) is 0.393. The molecule has 2 aromatic rings. The lowest BCUT2D eigenvalue weighted by Gasteiger charge is -2.12. The highest BCUT2D eigenvalue weighted by atomic mass is 16.5. The summed E-state index contributed by atoms with van der Waals surface area (Å²) in [5.74, 6) is -0.458. The summed E-state index contributed by atoms with van der Waals surface area (Å²) in [5.41, 5.74) is 0.760. The molecule has 1 N–H and O–H groups in total. The second kappa shape index (κ2) is 12.7. The summed E-state index contributed by atoms with van der Waals surface area (Å²) in [6.07, 6.45) is 6.76. The van der Waals surface area contributed by atoms with Gasteiger partial charge in [-0.1, -0.05) is 25.1 Å². The summed E-state index contributed by atoms with van der Waals surface area (Å²) in [4.78, 5) is 36.7. The Balaban J connectivity index is 2.16. The highest BCUT2D eigenvalue weighted by Gasteiger charge is 2.22. The monoisotopic (exact) mass is 482 g/mol. The van der Waals surface area contributed by atoms with E-state index in [2.05, 4.69) is 4.74 Å². The molecule has 0 aliphatic carbocycles. The third kappa shape index (κ3) is 7.98. The van der Waals surface area contributed by atoms with Crippen LogP contribution in [-0.2, 0) is 9.53 Å². The molecule has 1 unspecified atom stereocenters. The Kier molecular flexibility index (Phi) is 10.1. The average Bonchev–Trinajstić information content (AvgIpc) is 2.79. The normalized spacial score (nSPS) is 12.7. The molecule has 2 rings (SSSR count). The van der Waals surface area contributed by atoms with Crippen LogP contribution in [-0.4, -0.2) is 30.1 Å². The van der Waals surface area contributed by atoms with Crippen LogP contribution >= 0.6 is 0 Å². The predicted octanol–water partition coefficient (Wildman–Crippen LogP) is 5.73. The minimum Gasteiger partial charge on any atom is -0.507 e. The van der Waals surface area contributed by atoms with Gasteiger partial charge in [-0.25, -0.2) is 4.79 Å². The number of benzene rings is 1. The molecule has 1 aromatic heterocycles. The van der Waals surface area contributed by atoms with Crippen molar-refractivity contribution in [2.75, 3.05) is 7.11 Å².